The molecule has 6 heteroatoms. The van der Waals surface area contributed by atoms with Gasteiger partial charge in [-0.1, -0.05) is 42.2 Å². The molecule has 1 aromatic carbocycles. The van der Waals surface area contributed by atoms with E-state index in [1.807, 2.05) is 6.92 Å². The van der Waals surface area contributed by atoms with Crippen molar-refractivity contribution in [2.75, 3.05) is 13.1 Å². The van der Waals surface area contributed by atoms with E-state index in [0.29, 0.717) is 21.8 Å². The van der Waals surface area contributed by atoms with E-state index in [4.69, 9.17) is 27.7 Å². The van der Waals surface area contributed by atoms with Crippen LogP contribution in [0.15, 0.2) is 22.7 Å². The first-order valence-corrected chi connectivity index (χ1v) is 6.86. The minimum Gasteiger partial charge on any atom is -0.339 e. The van der Waals surface area contributed by atoms with Gasteiger partial charge in [-0.15, -0.1) is 0 Å². The molecule has 0 bridgehead atoms. The number of halogens is 2. The summed E-state index contributed by atoms with van der Waals surface area (Å²) in [5.41, 5.74) is 0.753. The minimum atomic E-state index is 0.163. The Hall–Kier alpha value is -1.10. The fourth-order valence-electron chi connectivity index (χ4n) is 1.68. The second-order valence-corrected chi connectivity index (χ2v) is 5.20. The van der Waals surface area contributed by atoms with Gasteiger partial charge >= 0.3 is 0 Å². The fraction of sp³-hybridized carbons (Fsp3) is 0.385. The topological polar surface area (TPSA) is 51.0 Å². The molecule has 0 radical (unpaired) electrons. The summed E-state index contributed by atoms with van der Waals surface area (Å²) in [5.74, 6) is 1.27. The Bertz CT molecular complexity index is 536. The fourth-order valence-corrected chi connectivity index (χ4v) is 2.21. The van der Waals surface area contributed by atoms with Crippen LogP contribution in [0.4, 0.5) is 0 Å². The number of likely N-dealkylation sites (N-methyl/N-ethyl adjacent to an activating group) is 1. The molecular formula is C13H15Cl2N3O. The van der Waals surface area contributed by atoms with Gasteiger partial charge in [-0.2, -0.15) is 4.98 Å². The molecule has 0 aliphatic carbocycles. The largest absolute Gasteiger partial charge is 0.339 e. The number of hydrogen-bond donors (Lipinski definition) is 1. The molecule has 0 saturated carbocycles. The Labute approximate surface area is 122 Å². The quantitative estimate of drug-likeness (QED) is 0.913. The predicted octanol–water partition coefficient (Wildman–Crippen LogP) is 3.76. The Kier molecular flexibility index (Phi) is 4.80. The number of rotatable bonds is 5. The standard InChI is InChI=1S/C13H15Cl2N3O/c1-3-16-7-8(2)13-17-12(18-19-13)9-4-10(14)6-11(15)5-9/h4-6,8,16H,3,7H2,1-2H3. The van der Waals surface area contributed by atoms with Crippen LogP contribution in [-0.2, 0) is 0 Å². The average molecular weight is 300 g/mol. The SMILES string of the molecule is CCNCC(C)c1nc(-c2cc(Cl)cc(Cl)c2)no1. The van der Waals surface area contributed by atoms with E-state index in [-0.39, 0.29) is 5.92 Å². The summed E-state index contributed by atoms with van der Waals surface area (Å²) < 4.78 is 5.27. The molecule has 2 aromatic rings. The van der Waals surface area contributed by atoms with Crippen molar-refractivity contribution in [1.82, 2.24) is 15.5 Å². The van der Waals surface area contributed by atoms with Crippen molar-refractivity contribution in [2.24, 2.45) is 0 Å². The molecule has 4 nitrogen and oxygen atoms in total. The Morgan fingerprint density at radius 3 is 2.58 bits per heavy atom. The highest BCUT2D eigenvalue weighted by Crippen LogP contribution is 2.26. The zero-order valence-electron chi connectivity index (χ0n) is 10.8. The van der Waals surface area contributed by atoms with E-state index in [9.17, 15) is 0 Å². The van der Waals surface area contributed by atoms with E-state index >= 15 is 0 Å². The van der Waals surface area contributed by atoms with E-state index in [2.05, 4.69) is 22.4 Å². The molecule has 1 unspecified atom stereocenters. The lowest BCUT2D eigenvalue weighted by molar-refractivity contribution is 0.355. The molecule has 1 heterocycles. The van der Waals surface area contributed by atoms with Gasteiger partial charge in [0, 0.05) is 28.1 Å². The van der Waals surface area contributed by atoms with Crippen LogP contribution in [0.3, 0.4) is 0 Å². The van der Waals surface area contributed by atoms with Crippen LogP contribution in [0.25, 0.3) is 11.4 Å². The number of benzene rings is 1. The van der Waals surface area contributed by atoms with Crippen molar-refractivity contribution < 1.29 is 4.52 Å². The smallest absolute Gasteiger partial charge is 0.231 e. The first-order chi connectivity index (χ1) is 9.10. The van der Waals surface area contributed by atoms with Crippen molar-refractivity contribution in [3.8, 4) is 11.4 Å². The number of aromatic nitrogens is 2. The normalized spacial score (nSPS) is 12.6. The van der Waals surface area contributed by atoms with Crippen LogP contribution in [0, 0.1) is 0 Å². The van der Waals surface area contributed by atoms with E-state index in [0.717, 1.165) is 18.7 Å². The summed E-state index contributed by atoms with van der Waals surface area (Å²) in [6.45, 7) is 5.80. The Morgan fingerprint density at radius 2 is 1.95 bits per heavy atom. The number of nitrogens with one attached hydrogen (secondary N) is 1. The van der Waals surface area contributed by atoms with E-state index < -0.39 is 0 Å². The number of nitrogens with zero attached hydrogens (tertiary/aromatic N) is 2. The highest BCUT2D eigenvalue weighted by Gasteiger charge is 2.15. The first kappa shape index (κ1) is 14.3. The molecule has 0 aliphatic heterocycles. The second-order valence-electron chi connectivity index (χ2n) is 4.32. The molecule has 102 valence electrons. The zero-order chi connectivity index (χ0) is 13.8. The van der Waals surface area contributed by atoms with Gasteiger partial charge in [-0.05, 0) is 24.7 Å². The summed E-state index contributed by atoms with van der Waals surface area (Å²) in [4.78, 5) is 4.38. The van der Waals surface area contributed by atoms with Crippen molar-refractivity contribution in [1.29, 1.82) is 0 Å². The molecule has 0 saturated heterocycles. The maximum absolute atomic E-state index is 5.96. The molecule has 1 atom stereocenters. The van der Waals surface area contributed by atoms with Gasteiger partial charge < -0.3 is 9.84 Å². The van der Waals surface area contributed by atoms with E-state index in [1.165, 1.54) is 0 Å². The molecule has 0 spiro atoms. The molecule has 2 rings (SSSR count). The molecule has 0 fully saturated rings. The Morgan fingerprint density at radius 1 is 1.26 bits per heavy atom. The average Bonchev–Trinajstić information content (AvgIpc) is 2.84. The van der Waals surface area contributed by atoms with E-state index in [1.54, 1.807) is 18.2 Å². The minimum absolute atomic E-state index is 0.163. The summed E-state index contributed by atoms with van der Waals surface area (Å²) >= 11 is 11.9. The Balaban J connectivity index is 2.20. The highest BCUT2D eigenvalue weighted by molar-refractivity contribution is 6.35. The third kappa shape index (κ3) is 3.69. The molecule has 1 N–H and O–H groups in total. The zero-order valence-corrected chi connectivity index (χ0v) is 12.3. The summed E-state index contributed by atoms with van der Waals surface area (Å²) in [6.07, 6.45) is 0. The van der Waals surface area contributed by atoms with Crippen molar-refractivity contribution in [2.45, 2.75) is 19.8 Å². The van der Waals surface area contributed by atoms with Crippen LogP contribution in [0.1, 0.15) is 25.7 Å². The highest BCUT2D eigenvalue weighted by atomic mass is 35.5. The molecule has 0 amide bonds. The van der Waals surface area contributed by atoms with Gasteiger partial charge in [0.05, 0.1) is 0 Å². The lowest BCUT2D eigenvalue weighted by atomic mass is 10.2. The second kappa shape index (κ2) is 6.37. The number of hydrogen-bond acceptors (Lipinski definition) is 4. The molecular weight excluding hydrogens is 285 g/mol. The van der Waals surface area contributed by atoms with Gasteiger partial charge in [0.2, 0.25) is 11.7 Å². The van der Waals surface area contributed by atoms with Gasteiger partial charge in [-0.3, -0.25) is 0 Å². The molecule has 1 aromatic heterocycles. The van der Waals surface area contributed by atoms with Crippen LogP contribution in [-0.4, -0.2) is 23.2 Å². The maximum atomic E-state index is 5.96. The lowest BCUT2D eigenvalue weighted by Crippen LogP contribution is -2.19. The third-order valence-electron chi connectivity index (χ3n) is 2.68. The van der Waals surface area contributed by atoms with Crippen molar-refractivity contribution in [3.05, 3.63) is 34.1 Å². The maximum Gasteiger partial charge on any atom is 0.231 e. The summed E-state index contributed by atoms with van der Waals surface area (Å²) in [5, 5.41) is 8.31. The van der Waals surface area contributed by atoms with Crippen LogP contribution in [0.2, 0.25) is 10.0 Å². The monoisotopic (exact) mass is 299 g/mol. The van der Waals surface area contributed by atoms with Gasteiger partial charge in [-0.25, -0.2) is 0 Å². The lowest BCUT2D eigenvalue weighted by Gasteiger charge is -2.05. The van der Waals surface area contributed by atoms with Crippen LogP contribution in [0.5, 0.6) is 0 Å². The molecule has 19 heavy (non-hydrogen) atoms. The summed E-state index contributed by atoms with van der Waals surface area (Å²) in [7, 11) is 0. The van der Waals surface area contributed by atoms with Gasteiger partial charge in [0.15, 0.2) is 0 Å². The predicted molar refractivity (Wildman–Crippen MR) is 76.7 cm³/mol. The van der Waals surface area contributed by atoms with Crippen LogP contribution < -0.4 is 5.32 Å². The third-order valence-corrected chi connectivity index (χ3v) is 3.12. The first-order valence-electron chi connectivity index (χ1n) is 6.11. The van der Waals surface area contributed by atoms with Crippen LogP contribution >= 0.6 is 23.2 Å². The van der Waals surface area contributed by atoms with Gasteiger partial charge in [0.25, 0.3) is 0 Å². The summed E-state index contributed by atoms with van der Waals surface area (Å²) in [6, 6.07) is 5.19. The van der Waals surface area contributed by atoms with Gasteiger partial charge in [0.1, 0.15) is 0 Å². The van der Waals surface area contributed by atoms with Crippen molar-refractivity contribution in [3.63, 3.8) is 0 Å². The van der Waals surface area contributed by atoms with Crippen molar-refractivity contribution >= 4 is 23.2 Å². The molecule has 0 aliphatic rings.